The largest absolute Gasteiger partial charge is 0.416 e. The SMILES string of the molecule is O=C1CSC2(CCN(S(=O)(=O)c3cccc(C(F)(F)F)c3)CC2)N1c1ccc(Cl)cc1. The lowest BCUT2D eigenvalue weighted by atomic mass is 10.0. The van der Waals surface area contributed by atoms with Crippen molar-refractivity contribution < 1.29 is 26.4 Å². The predicted molar refractivity (Wildman–Crippen MR) is 114 cm³/mol. The first-order valence-electron chi connectivity index (χ1n) is 9.43. The molecule has 0 bridgehead atoms. The van der Waals surface area contributed by atoms with E-state index in [-0.39, 0.29) is 29.6 Å². The molecule has 5 nitrogen and oxygen atoms in total. The number of carbonyl (C=O) groups is 1. The minimum atomic E-state index is -4.63. The van der Waals surface area contributed by atoms with E-state index in [0.29, 0.717) is 29.6 Å². The lowest BCUT2D eigenvalue weighted by molar-refractivity contribution is -0.137. The first-order valence-corrected chi connectivity index (χ1v) is 12.2. The molecule has 0 N–H and O–H groups in total. The number of hydrogen-bond donors (Lipinski definition) is 0. The highest BCUT2D eigenvalue weighted by molar-refractivity contribution is 8.02. The van der Waals surface area contributed by atoms with E-state index in [1.165, 1.54) is 22.1 Å². The number of piperidine rings is 1. The van der Waals surface area contributed by atoms with Crippen LogP contribution in [0, 0.1) is 0 Å². The number of nitrogens with zero attached hydrogens (tertiary/aromatic N) is 2. The summed E-state index contributed by atoms with van der Waals surface area (Å²) in [5, 5.41) is 0.541. The molecular weight excluding hydrogens is 473 g/mol. The number of thioether (sulfide) groups is 1. The van der Waals surface area contributed by atoms with Crippen LogP contribution in [0.1, 0.15) is 18.4 Å². The first-order chi connectivity index (χ1) is 14.5. The molecule has 0 unspecified atom stereocenters. The second-order valence-corrected chi connectivity index (χ2v) is 11.1. The standard InChI is InChI=1S/C20H18ClF3N2O3S2/c21-15-4-6-16(7-5-15)26-18(27)13-30-19(26)8-10-25(11-9-19)31(28,29)17-3-1-2-14(12-17)20(22,23)24/h1-7,12H,8-11,13H2. The van der Waals surface area contributed by atoms with Crippen molar-refractivity contribution in [1.29, 1.82) is 0 Å². The van der Waals surface area contributed by atoms with E-state index in [9.17, 15) is 26.4 Å². The van der Waals surface area contributed by atoms with Gasteiger partial charge in [-0.1, -0.05) is 17.7 Å². The van der Waals surface area contributed by atoms with Crippen LogP contribution in [0.2, 0.25) is 5.02 Å². The van der Waals surface area contributed by atoms with Crippen LogP contribution in [0.3, 0.4) is 0 Å². The summed E-state index contributed by atoms with van der Waals surface area (Å²) in [6.07, 6.45) is -3.90. The molecule has 1 spiro atoms. The molecule has 2 aliphatic rings. The molecule has 31 heavy (non-hydrogen) atoms. The zero-order valence-corrected chi connectivity index (χ0v) is 18.5. The molecule has 0 saturated carbocycles. The molecule has 0 aromatic heterocycles. The van der Waals surface area contributed by atoms with E-state index in [4.69, 9.17) is 11.6 Å². The Morgan fingerprint density at radius 3 is 2.29 bits per heavy atom. The molecule has 1 amide bonds. The van der Waals surface area contributed by atoms with Gasteiger partial charge in [0.15, 0.2) is 0 Å². The van der Waals surface area contributed by atoms with Gasteiger partial charge in [-0.15, -0.1) is 11.8 Å². The maximum Gasteiger partial charge on any atom is 0.416 e. The molecule has 4 rings (SSSR count). The van der Waals surface area contributed by atoms with Crippen molar-refractivity contribution in [2.75, 3.05) is 23.7 Å². The van der Waals surface area contributed by atoms with Crippen LogP contribution < -0.4 is 4.90 Å². The molecule has 0 aliphatic carbocycles. The summed E-state index contributed by atoms with van der Waals surface area (Å²) in [6.45, 7) is 0.200. The fraction of sp³-hybridized carbons (Fsp3) is 0.350. The van der Waals surface area contributed by atoms with Gasteiger partial charge in [0.05, 0.1) is 21.1 Å². The third-order valence-electron chi connectivity index (χ3n) is 5.51. The molecule has 0 atom stereocenters. The van der Waals surface area contributed by atoms with Crippen LogP contribution >= 0.6 is 23.4 Å². The molecule has 11 heteroatoms. The van der Waals surface area contributed by atoms with E-state index in [2.05, 4.69) is 0 Å². The number of halogens is 4. The van der Waals surface area contributed by atoms with E-state index in [1.807, 2.05) is 0 Å². The quantitative estimate of drug-likeness (QED) is 0.630. The number of amides is 1. The Morgan fingerprint density at radius 1 is 1.03 bits per heavy atom. The van der Waals surface area contributed by atoms with Crippen molar-refractivity contribution in [2.24, 2.45) is 0 Å². The first kappa shape index (κ1) is 22.4. The van der Waals surface area contributed by atoms with E-state index >= 15 is 0 Å². The fourth-order valence-corrected chi connectivity index (χ4v) is 6.89. The van der Waals surface area contributed by atoms with Crippen molar-refractivity contribution >= 4 is 45.0 Å². The zero-order valence-electron chi connectivity index (χ0n) is 16.1. The summed E-state index contributed by atoms with van der Waals surface area (Å²) in [4.78, 5) is 13.3. The molecule has 2 saturated heterocycles. The molecule has 2 aromatic rings. The van der Waals surface area contributed by atoms with Crippen LogP contribution in [0.4, 0.5) is 18.9 Å². The van der Waals surface area contributed by atoms with Crippen LogP contribution in [0.15, 0.2) is 53.4 Å². The third kappa shape index (κ3) is 4.18. The van der Waals surface area contributed by atoms with Gasteiger partial charge in [0.2, 0.25) is 15.9 Å². The highest BCUT2D eigenvalue weighted by atomic mass is 35.5. The van der Waals surface area contributed by atoms with Gasteiger partial charge in [0, 0.05) is 23.8 Å². The Balaban J connectivity index is 1.56. The number of sulfonamides is 1. The average molecular weight is 491 g/mol. The van der Waals surface area contributed by atoms with E-state index in [0.717, 1.165) is 12.1 Å². The lowest BCUT2D eigenvalue weighted by Crippen LogP contribution is -2.53. The molecule has 0 radical (unpaired) electrons. The van der Waals surface area contributed by atoms with Gasteiger partial charge in [0.25, 0.3) is 0 Å². The van der Waals surface area contributed by atoms with Gasteiger partial charge < -0.3 is 0 Å². The summed E-state index contributed by atoms with van der Waals surface area (Å²) in [5.74, 6) is 0.213. The minimum absolute atomic E-state index is 0.0680. The van der Waals surface area contributed by atoms with Gasteiger partial charge in [0.1, 0.15) is 0 Å². The van der Waals surface area contributed by atoms with Crippen molar-refractivity contribution in [3.8, 4) is 0 Å². The minimum Gasteiger partial charge on any atom is -0.296 e. The van der Waals surface area contributed by atoms with Gasteiger partial charge >= 0.3 is 6.18 Å². The number of rotatable bonds is 3. The predicted octanol–water partition coefficient (Wildman–Crippen LogP) is 4.62. The number of hydrogen-bond acceptors (Lipinski definition) is 4. The van der Waals surface area contributed by atoms with Crippen LogP contribution in [0.5, 0.6) is 0 Å². The van der Waals surface area contributed by atoms with Crippen molar-refractivity contribution in [3.05, 3.63) is 59.1 Å². The normalized spacial score (nSPS) is 19.9. The maximum absolute atomic E-state index is 13.0. The Labute approximate surface area is 187 Å². The lowest BCUT2D eigenvalue weighted by Gasteiger charge is -2.43. The van der Waals surface area contributed by atoms with E-state index in [1.54, 1.807) is 29.2 Å². The van der Waals surface area contributed by atoms with Crippen molar-refractivity contribution in [3.63, 3.8) is 0 Å². The number of anilines is 1. The maximum atomic E-state index is 13.0. The van der Waals surface area contributed by atoms with Gasteiger partial charge in [-0.3, -0.25) is 9.69 Å². The molecule has 166 valence electrons. The highest BCUT2D eigenvalue weighted by Gasteiger charge is 2.50. The summed E-state index contributed by atoms with van der Waals surface area (Å²) in [6, 6.07) is 10.6. The Morgan fingerprint density at radius 2 is 1.68 bits per heavy atom. The summed E-state index contributed by atoms with van der Waals surface area (Å²) < 4.78 is 66.2. The smallest absolute Gasteiger partial charge is 0.296 e. The molecule has 2 aromatic carbocycles. The third-order valence-corrected chi connectivity index (χ3v) is 9.17. The van der Waals surface area contributed by atoms with Gasteiger partial charge in [-0.2, -0.15) is 17.5 Å². The number of carbonyl (C=O) groups excluding carboxylic acids is 1. The Hall–Kier alpha value is -1.75. The number of alkyl halides is 3. The van der Waals surface area contributed by atoms with Crippen LogP contribution in [-0.4, -0.2) is 42.3 Å². The van der Waals surface area contributed by atoms with Crippen LogP contribution in [0.25, 0.3) is 0 Å². The van der Waals surface area contributed by atoms with Gasteiger partial charge in [-0.05, 0) is 55.3 Å². The van der Waals surface area contributed by atoms with Crippen LogP contribution in [-0.2, 0) is 21.0 Å². The number of benzene rings is 2. The second-order valence-electron chi connectivity index (χ2n) is 7.37. The summed E-state index contributed by atoms with van der Waals surface area (Å²) >= 11 is 7.41. The summed E-state index contributed by atoms with van der Waals surface area (Å²) in [7, 11) is -4.09. The van der Waals surface area contributed by atoms with Crippen molar-refractivity contribution in [2.45, 2.75) is 28.8 Å². The Kier molecular flexibility index (Phi) is 5.78. The monoisotopic (exact) mass is 490 g/mol. The fourth-order valence-electron chi connectivity index (χ4n) is 3.95. The molecular formula is C20H18ClF3N2O3S2. The molecule has 2 aliphatic heterocycles. The highest BCUT2D eigenvalue weighted by Crippen LogP contribution is 2.47. The molecule has 2 fully saturated rings. The molecule has 2 heterocycles. The Bertz CT molecular complexity index is 1100. The average Bonchev–Trinajstić information content (AvgIpc) is 3.04. The zero-order chi connectivity index (χ0) is 22.4. The van der Waals surface area contributed by atoms with E-state index < -0.39 is 26.6 Å². The second kappa shape index (κ2) is 7.99. The van der Waals surface area contributed by atoms with Crippen molar-refractivity contribution in [1.82, 2.24) is 4.31 Å². The summed E-state index contributed by atoms with van der Waals surface area (Å²) in [5.41, 5.74) is -0.318. The topological polar surface area (TPSA) is 57.7 Å². The van der Waals surface area contributed by atoms with Gasteiger partial charge in [-0.25, -0.2) is 8.42 Å².